The van der Waals surface area contributed by atoms with Crippen LogP contribution in [0.5, 0.6) is 0 Å². The molecule has 6 nitrogen and oxygen atoms in total. The summed E-state index contributed by atoms with van der Waals surface area (Å²) in [6.07, 6.45) is 1.09. The van der Waals surface area contributed by atoms with Gasteiger partial charge in [-0.25, -0.2) is 8.42 Å². The van der Waals surface area contributed by atoms with E-state index in [1.165, 1.54) is 30.5 Å². The summed E-state index contributed by atoms with van der Waals surface area (Å²) in [6, 6.07) is 9.37. The van der Waals surface area contributed by atoms with Crippen LogP contribution >= 0.6 is 22.6 Å². The van der Waals surface area contributed by atoms with E-state index in [-0.39, 0.29) is 17.0 Å². The lowest BCUT2D eigenvalue weighted by molar-refractivity contribution is -0.136. The van der Waals surface area contributed by atoms with Crippen molar-refractivity contribution in [1.29, 1.82) is 0 Å². The molecule has 1 aromatic heterocycles. The number of halogens is 1. The van der Waals surface area contributed by atoms with Crippen LogP contribution < -0.4 is 4.72 Å². The van der Waals surface area contributed by atoms with Gasteiger partial charge in [0.2, 0.25) is 0 Å². The molecule has 8 heteroatoms. The first-order valence-corrected chi connectivity index (χ1v) is 8.38. The summed E-state index contributed by atoms with van der Waals surface area (Å²) in [5.74, 6) is -0.991. The number of carboxylic acid groups (broad SMARTS) is 1. The van der Waals surface area contributed by atoms with Crippen LogP contribution in [-0.4, -0.2) is 24.5 Å². The molecule has 1 aromatic carbocycles. The molecule has 1 heterocycles. The zero-order valence-corrected chi connectivity index (χ0v) is 13.6. The Kier molecular flexibility index (Phi) is 4.78. The summed E-state index contributed by atoms with van der Waals surface area (Å²) >= 11 is 2.09. The van der Waals surface area contributed by atoms with Crippen LogP contribution in [0.2, 0.25) is 0 Å². The number of pyridine rings is 1. The zero-order chi connectivity index (χ0) is 15.5. The van der Waals surface area contributed by atoms with Crippen molar-refractivity contribution in [3.8, 4) is 0 Å². The van der Waals surface area contributed by atoms with Crippen molar-refractivity contribution in [3.05, 3.63) is 51.9 Å². The van der Waals surface area contributed by atoms with E-state index in [9.17, 15) is 13.2 Å². The Morgan fingerprint density at radius 2 is 1.86 bits per heavy atom. The molecular weight excluding hydrogens is 407 g/mol. The van der Waals surface area contributed by atoms with E-state index in [0.29, 0.717) is 5.69 Å². The fourth-order valence-corrected chi connectivity index (χ4v) is 2.98. The van der Waals surface area contributed by atoms with E-state index in [0.717, 1.165) is 3.57 Å². The molecule has 0 fully saturated rings. The molecule has 21 heavy (non-hydrogen) atoms. The van der Waals surface area contributed by atoms with Crippen molar-refractivity contribution in [2.24, 2.45) is 0 Å². The number of nitrogens with zero attached hydrogens (tertiary/aromatic N) is 1. The van der Waals surface area contributed by atoms with Crippen molar-refractivity contribution >= 4 is 44.3 Å². The molecule has 0 saturated carbocycles. The minimum Gasteiger partial charge on any atom is -0.481 e. The number of nitrogens with one attached hydrogen (secondary N) is 1. The van der Waals surface area contributed by atoms with Gasteiger partial charge in [0.1, 0.15) is 0 Å². The highest BCUT2D eigenvalue weighted by atomic mass is 127. The van der Waals surface area contributed by atoms with E-state index in [1.54, 1.807) is 12.1 Å². The van der Waals surface area contributed by atoms with Crippen molar-refractivity contribution in [1.82, 2.24) is 4.98 Å². The average molecular weight is 418 g/mol. The molecule has 2 rings (SSSR count). The van der Waals surface area contributed by atoms with Gasteiger partial charge in [-0.2, -0.15) is 0 Å². The third-order valence-corrected chi connectivity index (χ3v) is 4.65. The summed E-state index contributed by atoms with van der Waals surface area (Å²) in [4.78, 5) is 14.6. The van der Waals surface area contributed by atoms with Gasteiger partial charge in [-0.3, -0.25) is 14.5 Å². The van der Waals surface area contributed by atoms with Gasteiger partial charge in [-0.1, -0.05) is 0 Å². The first-order chi connectivity index (χ1) is 9.87. The lowest BCUT2D eigenvalue weighted by atomic mass is 10.3. The fourth-order valence-electron chi connectivity index (χ4n) is 1.57. The first kappa shape index (κ1) is 15.7. The van der Waals surface area contributed by atoms with Gasteiger partial charge in [0.25, 0.3) is 10.0 Å². The molecule has 0 aliphatic heterocycles. The summed E-state index contributed by atoms with van der Waals surface area (Å²) in [6.45, 7) is 0. The van der Waals surface area contributed by atoms with E-state index in [4.69, 9.17) is 5.11 Å². The third kappa shape index (κ3) is 4.39. The minimum atomic E-state index is -3.68. The number of hydrogen-bond acceptors (Lipinski definition) is 4. The molecule has 0 amide bonds. The number of rotatable bonds is 5. The van der Waals surface area contributed by atoms with Gasteiger partial charge < -0.3 is 5.11 Å². The second-order valence-electron chi connectivity index (χ2n) is 4.17. The maximum atomic E-state index is 12.1. The second-order valence-corrected chi connectivity index (χ2v) is 7.10. The lowest BCUT2D eigenvalue weighted by Crippen LogP contribution is -2.13. The van der Waals surface area contributed by atoms with Gasteiger partial charge in [0.05, 0.1) is 28.9 Å². The highest BCUT2D eigenvalue weighted by Crippen LogP contribution is 2.17. The molecule has 0 atom stereocenters. The molecule has 0 unspecified atom stereocenters. The van der Waals surface area contributed by atoms with E-state index >= 15 is 0 Å². The van der Waals surface area contributed by atoms with E-state index in [1.807, 2.05) is 0 Å². The van der Waals surface area contributed by atoms with Crippen molar-refractivity contribution in [2.45, 2.75) is 11.3 Å². The highest BCUT2D eigenvalue weighted by molar-refractivity contribution is 14.1. The molecule has 0 aliphatic rings. The van der Waals surface area contributed by atoms with Crippen LogP contribution in [0.1, 0.15) is 5.69 Å². The Morgan fingerprint density at radius 3 is 2.38 bits per heavy atom. The Labute approximate surface area is 135 Å². The Balaban J connectivity index is 2.16. The van der Waals surface area contributed by atoms with Crippen molar-refractivity contribution in [3.63, 3.8) is 0 Å². The molecule has 0 radical (unpaired) electrons. The molecule has 2 N–H and O–H groups in total. The zero-order valence-electron chi connectivity index (χ0n) is 10.7. The number of carbonyl (C=O) groups is 1. The Morgan fingerprint density at radius 1 is 1.19 bits per heavy atom. The maximum absolute atomic E-state index is 12.1. The lowest BCUT2D eigenvalue weighted by Gasteiger charge is -2.08. The molecule has 0 saturated heterocycles. The number of hydrogen-bond donors (Lipinski definition) is 2. The van der Waals surface area contributed by atoms with Crippen LogP contribution in [0.3, 0.4) is 0 Å². The number of aromatic nitrogens is 1. The van der Waals surface area contributed by atoms with Crippen LogP contribution in [0, 0.1) is 3.57 Å². The van der Waals surface area contributed by atoms with Crippen LogP contribution in [0.25, 0.3) is 0 Å². The molecule has 2 aromatic rings. The monoisotopic (exact) mass is 418 g/mol. The normalized spacial score (nSPS) is 11.1. The van der Waals surface area contributed by atoms with Gasteiger partial charge >= 0.3 is 5.97 Å². The molecular formula is C13H11IN2O4S. The molecule has 0 aliphatic carbocycles. The maximum Gasteiger partial charge on any atom is 0.309 e. The standard InChI is InChI=1S/C13H11IN2O4S/c14-9-1-5-12(6-2-9)21(19,20)16-11-4-3-10(15-8-11)7-13(17)18/h1-6,8,16H,7H2,(H,17,18). The fraction of sp³-hybridized carbons (Fsp3) is 0.0769. The predicted octanol–water partition coefficient (Wildman–Crippen LogP) is 2.11. The summed E-state index contributed by atoms with van der Waals surface area (Å²) in [7, 11) is -3.68. The predicted molar refractivity (Wildman–Crippen MR) is 85.5 cm³/mol. The number of aliphatic carboxylic acids is 1. The van der Waals surface area contributed by atoms with Crippen LogP contribution in [0.4, 0.5) is 5.69 Å². The van der Waals surface area contributed by atoms with Crippen molar-refractivity contribution < 1.29 is 18.3 Å². The quantitative estimate of drug-likeness (QED) is 0.726. The van der Waals surface area contributed by atoms with E-state index in [2.05, 4.69) is 32.3 Å². The second kappa shape index (κ2) is 6.39. The Hall–Kier alpha value is -1.68. The van der Waals surface area contributed by atoms with Crippen LogP contribution in [0.15, 0.2) is 47.5 Å². The molecule has 0 spiro atoms. The van der Waals surface area contributed by atoms with Gasteiger partial charge in [-0.05, 0) is 59.0 Å². The number of carboxylic acids is 1. The highest BCUT2D eigenvalue weighted by Gasteiger charge is 2.14. The number of anilines is 1. The first-order valence-electron chi connectivity index (χ1n) is 5.82. The summed E-state index contributed by atoms with van der Waals surface area (Å²) in [5, 5.41) is 8.64. The summed E-state index contributed by atoms with van der Waals surface area (Å²) < 4.78 is 27.6. The minimum absolute atomic E-state index is 0.150. The van der Waals surface area contributed by atoms with Gasteiger partial charge in [0.15, 0.2) is 0 Å². The summed E-state index contributed by atoms with van der Waals surface area (Å²) in [5.41, 5.74) is 0.641. The smallest absolute Gasteiger partial charge is 0.309 e. The number of sulfonamides is 1. The molecule has 0 bridgehead atoms. The van der Waals surface area contributed by atoms with E-state index < -0.39 is 16.0 Å². The largest absolute Gasteiger partial charge is 0.481 e. The van der Waals surface area contributed by atoms with Crippen LogP contribution in [-0.2, 0) is 21.2 Å². The SMILES string of the molecule is O=C(O)Cc1ccc(NS(=O)(=O)c2ccc(I)cc2)cn1. The number of benzene rings is 1. The topological polar surface area (TPSA) is 96.4 Å². The van der Waals surface area contributed by atoms with Gasteiger partial charge in [0, 0.05) is 3.57 Å². The average Bonchev–Trinajstić information content (AvgIpc) is 2.40. The molecule has 110 valence electrons. The van der Waals surface area contributed by atoms with Gasteiger partial charge in [-0.15, -0.1) is 0 Å². The Bertz CT molecular complexity index is 743. The van der Waals surface area contributed by atoms with Crippen molar-refractivity contribution in [2.75, 3.05) is 4.72 Å². The third-order valence-electron chi connectivity index (χ3n) is 2.53.